The molecular formula is C18H27N3O3S. The third kappa shape index (κ3) is 6.22. The second kappa shape index (κ2) is 9.07. The second-order valence-electron chi connectivity index (χ2n) is 6.78. The summed E-state index contributed by atoms with van der Waals surface area (Å²) in [6, 6.07) is 9.60. The van der Waals surface area contributed by atoms with E-state index in [0.717, 1.165) is 37.9 Å². The molecule has 2 N–H and O–H groups in total. The van der Waals surface area contributed by atoms with E-state index in [1.165, 1.54) is 0 Å². The van der Waals surface area contributed by atoms with E-state index in [0.29, 0.717) is 11.7 Å². The molecule has 0 aliphatic heterocycles. The van der Waals surface area contributed by atoms with Gasteiger partial charge in [-0.25, -0.2) is 13.1 Å². The lowest BCUT2D eigenvalue weighted by molar-refractivity contribution is 0.323. The normalized spacial score (nSPS) is 20.9. The lowest BCUT2D eigenvalue weighted by Crippen LogP contribution is -2.41. The summed E-state index contributed by atoms with van der Waals surface area (Å²) in [6.45, 7) is 4.30. The Morgan fingerprint density at radius 3 is 2.64 bits per heavy atom. The SMILES string of the molecule is CC(C)S(=O)(=O)NC1CCC(CNc2cccc(OCC#N)c2)CC1. The van der Waals surface area contributed by atoms with E-state index in [2.05, 4.69) is 10.0 Å². The van der Waals surface area contributed by atoms with Crippen molar-refractivity contribution in [3.63, 3.8) is 0 Å². The average molecular weight is 365 g/mol. The zero-order valence-electron chi connectivity index (χ0n) is 14.9. The van der Waals surface area contributed by atoms with Gasteiger partial charge in [0, 0.05) is 24.3 Å². The van der Waals surface area contributed by atoms with Crippen LogP contribution in [0.15, 0.2) is 24.3 Å². The van der Waals surface area contributed by atoms with Crippen LogP contribution in [0.1, 0.15) is 39.5 Å². The molecule has 0 saturated heterocycles. The van der Waals surface area contributed by atoms with Crippen LogP contribution in [0.3, 0.4) is 0 Å². The Kier molecular flexibility index (Phi) is 7.09. The summed E-state index contributed by atoms with van der Waals surface area (Å²) in [7, 11) is -3.19. The molecule has 138 valence electrons. The van der Waals surface area contributed by atoms with Crippen molar-refractivity contribution in [2.75, 3.05) is 18.5 Å². The Morgan fingerprint density at radius 1 is 1.28 bits per heavy atom. The number of nitrogens with zero attached hydrogens (tertiary/aromatic N) is 1. The van der Waals surface area contributed by atoms with E-state index in [9.17, 15) is 8.42 Å². The Labute approximate surface area is 150 Å². The Balaban J connectivity index is 1.76. The van der Waals surface area contributed by atoms with Gasteiger partial charge in [-0.1, -0.05) is 6.07 Å². The Morgan fingerprint density at radius 2 is 2.00 bits per heavy atom. The summed E-state index contributed by atoms with van der Waals surface area (Å²) in [5.74, 6) is 1.21. The fraction of sp³-hybridized carbons (Fsp3) is 0.611. The highest BCUT2D eigenvalue weighted by Gasteiger charge is 2.26. The molecule has 0 amide bonds. The molecule has 0 bridgehead atoms. The van der Waals surface area contributed by atoms with E-state index in [1.54, 1.807) is 13.8 Å². The molecule has 1 aliphatic carbocycles. The van der Waals surface area contributed by atoms with Crippen LogP contribution in [-0.2, 0) is 10.0 Å². The topological polar surface area (TPSA) is 91.2 Å². The van der Waals surface area contributed by atoms with Crippen molar-refractivity contribution in [3.05, 3.63) is 24.3 Å². The number of anilines is 1. The molecule has 25 heavy (non-hydrogen) atoms. The number of sulfonamides is 1. The van der Waals surface area contributed by atoms with Gasteiger partial charge in [-0.05, 0) is 57.6 Å². The number of rotatable bonds is 8. The van der Waals surface area contributed by atoms with Gasteiger partial charge in [0.15, 0.2) is 6.61 Å². The number of ether oxygens (including phenoxy) is 1. The first kappa shape index (κ1) is 19.5. The van der Waals surface area contributed by atoms with Gasteiger partial charge in [0.05, 0.1) is 5.25 Å². The van der Waals surface area contributed by atoms with Crippen LogP contribution >= 0.6 is 0 Å². The molecule has 7 heteroatoms. The van der Waals surface area contributed by atoms with Gasteiger partial charge < -0.3 is 10.1 Å². The van der Waals surface area contributed by atoms with Crippen LogP contribution in [0.5, 0.6) is 5.75 Å². The smallest absolute Gasteiger partial charge is 0.214 e. The number of nitriles is 1. The van der Waals surface area contributed by atoms with Crippen LogP contribution in [0.4, 0.5) is 5.69 Å². The highest BCUT2D eigenvalue weighted by atomic mass is 32.2. The Bertz CT molecular complexity index is 690. The second-order valence-corrected chi connectivity index (χ2v) is 9.05. The molecule has 1 aliphatic rings. The Hall–Kier alpha value is -1.78. The first-order chi connectivity index (χ1) is 11.9. The summed E-state index contributed by atoms with van der Waals surface area (Å²) in [6.07, 6.45) is 3.76. The van der Waals surface area contributed by atoms with Crippen LogP contribution in [0.25, 0.3) is 0 Å². The molecule has 1 fully saturated rings. The molecule has 0 aromatic heterocycles. The lowest BCUT2D eigenvalue weighted by Gasteiger charge is -2.29. The summed E-state index contributed by atoms with van der Waals surface area (Å²) < 4.78 is 32.0. The van der Waals surface area contributed by atoms with Crippen molar-refractivity contribution < 1.29 is 13.2 Å². The molecule has 1 aromatic rings. The minimum Gasteiger partial charge on any atom is -0.479 e. The molecule has 0 atom stereocenters. The minimum atomic E-state index is -3.19. The fourth-order valence-corrected chi connectivity index (χ4v) is 3.90. The van der Waals surface area contributed by atoms with Crippen molar-refractivity contribution in [3.8, 4) is 11.8 Å². The van der Waals surface area contributed by atoms with Gasteiger partial charge >= 0.3 is 0 Å². The highest BCUT2D eigenvalue weighted by Crippen LogP contribution is 2.26. The largest absolute Gasteiger partial charge is 0.479 e. The van der Waals surface area contributed by atoms with Gasteiger partial charge in [0.25, 0.3) is 0 Å². The molecule has 1 saturated carbocycles. The standard InChI is InChI=1S/C18H27N3O3S/c1-14(2)25(22,23)21-16-8-6-15(7-9-16)13-20-17-4-3-5-18(12-17)24-11-10-19/h3-5,12,14-16,20-21H,6-9,11,13H2,1-2H3. The van der Waals surface area contributed by atoms with Crippen LogP contribution in [-0.4, -0.2) is 32.9 Å². The predicted molar refractivity (Wildman–Crippen MR) is 99.0 cm³/mol. The van der Waals surface area contributed by atoms with Crippen molar-refractivity contribution in [2.24, 2.45) is 5.92 Å². The van der Waals surface area contributed by atoms with E-state index < -0.39 is 10.0 Å². The zero-order valence-corrected chi connectivity index (χ0v) is 15.7. The molecule has 6 nitrogen and oxygen atoms in total. The van der Waals surface area contributed by atoms with Crippen LogP contribution in [0.2, 0.25) is 0 Å². The highest BCUT2D eigenvalue weighted by molar-refractivity contribution is 7.90. The molecule has 2 rings (SSSR count). The van der Waals surface area contributed by atoms with E-state index in [-0.39, 0.29) is 17.9 Å². The van der Waals surface area contributed by atoms with Crippen LogP contribution < -0.4 is 14.8 Å². The van der Waals surface area contributed by atoms with Gasteiger partial charge in [-0.2, -0.15) is 5.26 Å². The quantitative estimate of drug-likeness (QED) is 0.739. The summed E-state index contributed by atoms with van der Waals surface area (Å²) in [4.78, 5) is 0. The summed E-state index contributed by atoms with van der Waals surface area (Å²) >= 11 is 0. The molecule has 0 unspecified atom stereocenters. The monoisotopic (exact) mass is 365 g/mol. The third-order valence-corrected chi connectivity index (χ3v) is 6.43. The first-order valence-electron chi connectivity index (χ1n) is 8.75. The fourth-order valence-electron chi connectivity index (χ4n) is 2.93. The average Bonchev–Trinajstić information content (AvgIpc) is 2.59. The number of hydrogen-bond acceptors (Lipinski definition) is 5. The number of hydrogen-bond donors (Lipinski definition) is 2. The first-order valence-corrected chi connectivity index (χ1v) is 10.3. The van der Waals surface area contributed by atoms with Crippen molar-refractivity contribution in [2.45, 2.75) is 50.8 Å². The van der Waals surface area contributed by atoms with E-state index >= 15 is 0 Å². The zero-order chi connectivity index (χ0) is 18.3. The molecule has 0 radical (unpaired) electrons. The van der Waals surface area contributed by atoms with Crippen molar-refractivity contribution in [1.82, 2.24) is 4.72 Å². The van der Waals surface area contributed by atoms with Gasteiger partial charge in [0.1, 0.15) is 11.8 Å². The lowest BCUT2D eigenvalue weighted by atomic mass is 9.86. The van der Waals surface area contributed by atoms with Gasteiger partial charge in [-0.3, -0.25) is 0 Å². The molecule has 0 spiro atoms. The number of benzene rings is 1. The molecular weight excluding hydrogens is 338 g/mol. The maximum atomic E-state index is 11.9. The summed E-state index contributed by atoms with van der Waals surface area (Å²) in [5, 5.41) is 11.6. The third-order valence-electron chi connectivity index (χ3n) is 4.53. The number of nitrogens with one attached hydrogen (secondary N) is 2. The molecule has 1 aromatic carbocycles. The predicted octanol–water partition coefficient (Wildman–Crippen LogP) is 2.89. The van der Waals surface area contributed by atoms with E-state index in [1.807, 2.05) is 30.3 Å². The molecule has 0 heterocycles. The van der Waals surface area contributed by atoms with Gasteiger partial charge in [-0.15, -0.1) is 0 Å². The summed E-state index contributed by atoms with van der Waals surface area (Å²) in [5.41, 5.74) is 0.970. The minimum absolute atomic E-state index is 0.0414. The van der Waals surface area contributed by atoms with E-state index in [4.69, 9.17) is 10.00 Å². The van der Waals surface area contributed by atoms with Crippen molar-refractivity contribution >= 4 is 15.7 Å². The maximum absolute atomic E-state index is 11.9. The van der Waals surface area contributed by atoms with Crippen LogP contribution in [0, 0.1) is 17.2 Å². The maximum Gasteiger partial charge on any atom is 0.214 e. The van der Waals surface area contributed by atoms with Gasteiger partial charge in [0.2, 0.25) is 10.0 Å². The van der Waals surface area contributed by atoms with Crippen molar-refractivity contribution in [1.29, 1.82) is 5.26 Å².